The molecule has 0 bridgehead atoms. The van der Waals surface area contributed by atoms with Crippen molar-refractivity contribution in [3.05, 3.63) is 60.3 Å². The first-order chi connectivity index (χ1) is 12.3. The minimum atomic E-state index is 0.138. The average molecular weight is 334 g/mol. The number of ether oxygens (including phenoxy) is 1. The lowest BCUT2D eigenvalue weighted by Gasteiger charge is -2.29. The van der Waals surface area contributed by atoms with E-state index in [0.717, 1.165) is 41.7 Å². The van der Waals surface area contributed by atoms with Gasteiger partial charge in [0.1, 0.15) is 12.3 Å². The lowest BCUT2D eigenvalue weighted by Crippen LogP contribution is -2.37. The SMILES string of the molecule is CCOc1ccc2c(ccn2CC(=O)N2CCCc3ccccc32)c1. The standard InChI is InChI=1S/C21H22N2O2/c1-2-25-18-9-10-19-17(14-18)11-13-22(19)15-21(24)23-12-5-7-16-6-3-4-8-20(16)23/h3-4,6,8-11,13-14H,2,5,7,12,15H2,1H3. The van der Waals surface area contributed by atoms with E-state index in [-0.39, 0.29) is 5.91 Å². The quantitative estimate of drug-likeness (QED) is 0.722. The molecule has 0 aliphatic carbocycles. The summed E-state index contributed by atoms with van der Waals surface area (Å²) in [6.45, 7) is 3.78. The van der Waals surface area contributed by atoms with E-state index in [9.17, 15) is 4.79 Å². The maximum Gasteiger partial charge on any atom is 0.246 e. The van der Waals surface area contributed by atoms with Crippen LogP contribution in [0.5, 0.6) is 5.75 Å². The van der Waals surface area contributed by atoms with Crippen LogP contribution in [0, 0.1) is 0 Å². The summed E-state index contributed by atoms with van der Waals surface area (Å²) < 4.78 is 7.57. The van der Waals surface area contributed by atoms with Crippen molar-refractivity contribution in [2.24, 2.45) is 0 Å². The Morgan fingerprint density at radius 2 is 2.04 bits per heavy atom. The number of carbonyl (C=O) groups is 1. The number of aryl methyl sites for hydroxylation is 1. The molecule has 0 radical (unpaired) electrons. The topological polar surface area (TPSA) is 34.5 Å². The zero-order chi connectivity index (χ0) is 17.2. The Hall–Kier alpha value is -2.75. The Balaban J connectivity index is 1.58. The predicted molar refractivity (Wildman–Crippen MR) is 100 cm³/mol. The van der Waals surface area contributed by atoms with Crippen molar-refractivity contribution in [3.8, 4) is 5.75 Å². The van der Waals surface area contributed by atoms with Crippen LogP contribution in [0.25, 0.3) is 10.9 Å². The van der Waals surface area contributed by atoms with Gasteiger partial charge in [0.2, 0.25) is 5.91 Å². The maximum atomic E-state index is 12.9. The van der Waals surface area contributed by atoms with Crippen LogP contribution < -0.4 is 9.64 Å². The van der Waals surface area contributed by atoms with Crippen LogP contribution in [0.1, 0.15) is 18.9 Å². The third-order valence-electron chi connectivity index (χ3n) is 4.77. The predicted octanol–water partition coefficient (Wildman–Crippen LogP) is 4.02. The third kappa shape index (κ3) is 3.00. The fourth-order valence-electron chi connectivity index (χ4n) is 3.60. The number of rotatable bonds is 4. The van der Waals surface area contributed by atoms with Crippen molar-refractivity contribution in [2.75, 3.05) is 18.1 Å². The number of fused-ring (bicyclic) bond motifs is 2. The molecule has 0 saturated carbocycles. The van der Waals surface area contributed by atoms with Crippen molar-refractivity contribution >= 4 is 22.5 Å². The van der Waals surface area contributed by atoms with Crippen molar-refractivity contribution in [3.63, 3.8) is 0 Å². The van der Waals surface area contributed by atoms with E-state index in [0.29, 0.717) is 13.2 Å². The van der Waals surface area contributed by atoms with Crippen LogP contribution in [-0.2, 0) is 17.8 Å². The molecule has 1 aliphatic heterocycles. The van der Waals surface area contributed by atoms with E-state index in [2.05, 4.69) is 12.1 Å². The number of aromatic nitrogens is 1. The molecule has 1 amide bonds. The smallest absolute Gasteiger partial charge is 0.246 e. The van der Waals surface area contributed by atoms with Crippen LogP contribution in [-0.4, -0.2) is 23.6 Å². The highest BCUT2D eigenvalue weighted by Gasteiger charge is 2.22. The van der Waals surface area contributed by atoms with E-state index in [1.54, 1.807) is 0 Å². The summed E-state index contributed by atoms with van der Waals surface area (Å²) in [5, 5.41) is 1.10. The van der Waals surface area contributed by atoms with Gasteiger partial charge in [-0.2, -0.15) is 0 Å². The lowest BCUT2D eigenvalue weighted by molar-refractivity contribution is -0.119. The maximum absolute atomic E-state index is 12.9. The van der Waals surface area contributed by atoms with Gasteiger partial charge in [-0.15, -0.1) is 0 Å². The van der Waals surface area contributed by atoms with Gasteiger partial charge in [-0.3, -0.25) is 4.79 Å². The number of benzene rings is 2. The summed E-state index contributed by atoms with van der Waals surface area (Å²) >= 11 is 0. The number of hydrogen-bond acceptors (Lipinski definition) is 2. The Morgan fingerprint density at radius 3 is 2.92 bits per heavy atom. The Kier molecular flexibility index (Phi) is 4.18. The molecule has 2 aromatic carbocycles. The molecule has 4 heteroatoms. The Morgan fingerprint density at radius 1 is 1.16 bits per heavy atom. The van der Waals surface area contributed by atoms with Crippen LogP contribution in [0.3, 0.4) is 0 Å². The van der Waals surface area contributed by atoms with Crippen LogP contribution in [0.4, 0.5) is 5.69 Å². The van der Waals surface area contributed by atoms with E-state index >= 15 is 0 Å². The number of carbonyl (C=O) groups excluding carboxylic acids is 1. The first-order valence-electron chi connectivity index (χ1n) is 8.86. The monoisotopic (exact) mass is 334 g/mol. The summed E-state index contributed by atoms with van der Waals surface area (Å²) in [6, 6.07) is 16.3. The molecule has 0 N–H and O–H groups in total. The Bertz CT molecular complexity index is 913. The highest BCUT2D eigenvalue weighted by molar-refractivity contribution is 5.95. The minimum absolute atomic E-state index is 0.138. The number of anilines is 1. The third-order valence-corrected chi connectivity index (χ3v) is 4.77. The zero-order valence-electron chi connectivity index (χ0n) is 14.4. The molecule has 128 valence electrons. The average Bonchev–Trinajstić information content (AvgIpc) is 3.03. The summed E-state index contributed by atoms with van der Waals surface area (Å²) in [6.07, 6.45) is 4.05. The van der Waals surface area contributed by atoms with Crippen molar-refractivity contribution in [1.82, 2.24) is 4.57 Å². The highest BCUT2D eigenvalue weighted by Crippen LogP contribution is 2.28. The number of para-hydroxylation sites is 1. The summed E-state index contributed by atoms with van der Waals surface area (Å²) in [5.74, 6) is 1.00. The van der Waals surface area contributed by atoms with Gasteiger partial charge < -0.3 is 14.2 Å². The van der Waals surface area contributed by atoms with Gasteiger partial charge in [-0.05, 0) is 55.7 Å². The molecule has 4 rings (SSSR count). The molecule has 0 saturated heterocycles. The normalized spacial score (nSPS) is 13.7. The van der Waals surface area contributed by atoms with Crippen LogP contribution >= 0.6 is 0 Å². The van der Waals surface area contributed by atoms with Gasteiger partial charge in [0, 0.05) is 29.3 Å². The van der Waals surface area contributed by atoms with E-state index in [4.69, 9.17) is 4.74 Å². The van der Waals surface area contributed by atoms with Gasteiger partial charge in [0.05, 0.1) is 6.61 Å². The fourth-order valence-corrected chi connectivity index (χ4v) is 3.60. The molecule has 1 aromatic heterocycles. The van der Waals surface area contributed by atoms with Gasteiger partial charge in [-0.25, -0.2) is 0 Å². The summed E-state index contributed by atoms with van der Waals surface area (Å²) in [7, 11) is 0. The fraction of sp³-hybridized carbons (Fsp3) is 0.286. The minimum Gasteiger partial charge on any atom is -0.494 e. The van der Waals surface area contributed by atoms with Gasteiger partial charge in [0.25, 0.3) is 0 Å². The second kappa shape index (κ2) is 6.63. The molecule has 0 unspecified atom stereocenters. The first kappa shape index (κ1) is 15.8. The van der Waals surface area contributed by atoms with Crippen molar-refractivity contribution in [2.45, 2.75) is 26.3 Å². The van der Waals surface area contributed by atoms with Crippen LogP contribution in [0.2, 0.25) is 0 Å². The van der Waals surface area contributed by atoms with Crippen molar-refractivity contribution in [1.29, 1.82) is 0 Å². The number of nitrogens with zero attached hydrogens (tertiary/aromatic N) is 2. The molecule has 1 aliphatic rings. The molecule has 0 atom stereocenters. The molecule has 25 heavy (non-hydrogen) atoms. The van der Waals surface area contributed by atoms with E-state index in [1.807, 2.05) is 59.0 Å². The highest BCUT2D eigenvalue weighted by atomic mass is 16.5. The second-order valence-corrected chi connectivity index (χ2v) is 6.37. The van der Waals surface area contributed by atoms with E-state index < -0.39 is 0 Å². The van der Waals surface area contributed by atoms with Crippen LogP contribution in [0.15, 0.2) is 54.7 Å². The molecule has 4 nitrogen and oxygen atoms in total. The number of hydrogen-bond donors (Lipinski definition) is 0. The second-order valence-electron chi connectivity index (χ2n) is 6.37. The van der Waals surface area contributed by atoms with Gasteiger partial charge >= 0.3 is 0 Å². The molecular weight excluding hydrogens is 312 g/mol. The molecular formula is C21H22N2O2. The van der Waals surface area contributed by atoms with Gasteiger partial charge in [-0.1, -0.05) is 18.2 Å². The van der Waals surface area contributed by atoms with Crippen molar-refractivity contribution < 1.29 is 9.53 Å². The summed E-state index contributed by atoms with van der Waals surface area (Å²) in [5.41, 5.74) is 3.39. The largest absolute Gasteiger partial charge is 0.494 e. The lowest BCUT2D eigenvalue weighted by atomic mass is 10.0. The number of amides is 1. The molecule has 3 aromatic rings. The molecule has 0 spiro atoms. The summed E-state index contributed by atoms with van der Waals surface area (Å²) in [4.78, 5) is 14.9. The zero-order valence-corrected chi connectivity index (χ0v) is 14.4. The van der Waals surface area contributed by atoms with E-state index in [1.165, 1.54) is 5.56 Å². The molecule has 2 heterocycles. The first-order valence-corrected chi connectivity index (χ1v) is 8.86. The molecule has 0 fully saturated rings. The Labute approximate surface area is 147 Å². The van der Waals surface area contributed by atoms with Gasteiger partial charge in [0.15, 0.2) is 0 Å².